The number of likely N-dealkylation sites (tertiary alicyclic amines) is 1. The number of pyridine rings is 2. The molecule has 3 N–H and O–H groups in total. The summed E-state index contributed by atoms with van der Waals surface area (Å²) in [5.41, 5.74) is -1.57. The summed E-state index contributed by atoms with van der Waals surface area (Å²) in [6.07, 6.45) is 7.51. The molecule has 5 amide bonds. The lowest BCUT2D eigenvalue weighted by Crippen LogP contribution is -2.45. The van der Waals surface area contributed by atoms with E-state index in [-0.39, 0.29) is 79.7 Å². The Morgan fingerprint density at radius 3 is 1.61 bits per heavy atom. The molecule has 8 heterocycles. The third-order valence-electron chi connectivity index (χ3n) is 9.89. The zero-order valence-electron chi connectivity index (χ0n) is 35.1. The van der Waals surface area contributed by atoms with Gasteiger partial charge in [-0.15, -0.1) is 12.4 Å². The van der Waals surface area contributed by atoms with Crippen LogP contribution in [0.1, 0.15) is 71.4 Å². The van der Waals surface area contributed by atoms with Crippen molar-refractivity contribution in [2.24, 2.45) is 0 Å². The summed E-state index contributed by atoms with van der Waals surface area (Å²) < 4.78 is 30.3. The van der Waals surface area contributed by atoms with Crippen LogP contribution in [0.3, 0.4) is 0 Å². The number of ether oxygens (including phenoxy) is 5. The lowest BCUT2D eigenvalue weighted by Gasteiger charge is -2.24. The van der Waals surface area contributed by atoms with E-state index in [1.54, 1.807) is 29.2 Å². The number of carbonyl (C=O) groups excluding carboxylic acids is 5. The van der Waals surface area contributed by atoms with Crippen molar-refractivity contribution in [2.75, 3.05) is 26.2 Å². The molecule has 340 valence electrons. The highest BCUT2D eigenvalue weighted by molar-refractivity contribution is 6.00. The Kier molecular flexibility index (Phi) is 14.9. The molecule has 0 saturated carbocycles. The van der Waals surface area contributed by atoms with E-state index in [2.05, 4.69) is 36.1 Å². The number of aromatic nitrogens is 6. The van der Waals surface area contributed by atoms with Crippen LogP contribution in [0, 0.1) is 0 Å². The lowest BCUT2D eigenvalue weighted by molar-refractivity contribution is -0.137. The van der Waals surface area contributed by atoms with Gasteiger partial charge in [-0.05, 0) is 58.7 Å². The van der Waals surface area contributed by atoms with Gasteiger partial charge >= 0.3 is 6.09 Å². The molecule has 0 radical (unpaired) electrons. The van der Waals surface area contributed by atoms with Crippen molar-refractivity contribution >= 4 is 42.1 Å². The van der Waals surface area contributed by atoms with Crippen molar-refractivity contribution in [1.82, 2.24) is 50.4 Å². The minimum absolute atomic E-state index is 0. The van der Waals surface area contributed by atoms with E-state index in [4.69, 9.17) is 23.7 Å². The number of hydrogen-bond acceptors (Lipinski definition) is 17. The first kappa shape index (κ1) is 46.6. The number of carbonyl (C=O) groups is 5. The third kappa shape index (κ3) is 12.4. The molecule has 0 aromatic carbocycles. The van der Waals surface area contributed by atoms with E-state index in [0.29, 0.717) is 42.8 Å². The highest BCUT2D eigenvalue weighted by Crippen LogP contribution is 2.25. The molecule has 0 bridgehead atoms. The normalized spacial score (nSPS) is 20.8. The molecular weight excluding hydrogens is 860 g/mol. The lowest BCUT2D eigenvalue weighted by atomic mass is 10.1. The van der Waals surface area contributed by atoms with E-state index in [1.165, 1.54) is 36.9 Å². The topological polar surface area (TPSA) is 266 Å². The summed E-state index contributed by atoms with van der Waals surface area (Å²) in [6.45, 7) is 8.15. The number of piperidine rings is 2. The standard InChI is InChI=1S/C23H27N5O7.C18H19N5O5.ClH/c1-23(2,3)35-22(32)27-9-8-15(13-27)34-19-7-4-14(11-24-19)33-16-10-20(30)28(25-12-16)17-5-6-18(29)26-21(17)31;24-15-3-2-14(18(26)22-15)23-17(25)7-13(10-21-23)27-11-1-4-16(20-9-11)28-12-5-6-19-8-12;/h4,7,10-12,15,17H,5-6,8-9,13H2,1-3H3,(H,26,29,31);1,4,7,9-10,12,14,19H,2-3,5-6,8H2,(H,22,24,26);1H/t15-,17?;12-,14?;/m00./s1. The Morgan fingerprint density at radius 1 is 0.672 bits per heavy atom. The highest BCUT2D eigenvalue weighted by Gasteiger charge is 2.32. The van der Waals surface area contributed by atoms with Crippen LogP contribution < -0.4 is 46.0 Å². The number of amides is 5. The van der Waals surface area contributed by atoms with Crippen LogP contribution in [0.5, 0.6) is 34.8 Å². The van der Waals surface area contributed by atoms with Gasteiger partial charge in [0.15, 0.2) is 11.5 Å². The monoisotopic (exact) mass is 906 g/mol. The highest BCUT2D eigenvalue weighted by atomic mass is 35.5. The fraction of sp³-hybridized carbons (Fsp3) is 0.439. The zero-order valence-corrected chi connectivity index (χ0v) is 35.9. The summed E-state index contributed by atoms with van der Waals surface area (Å²) in [6, 6.07) is 7.47. The first-order chi connectivity index (χ1) is 30.2. The van der Waals surface area contributed by atoms with Crippen LogP contribution in [0.15, 0.2) is 70.8 Å². The molecule has 23 heteroatoms. The average molecular weight is 907 g/mol. The molecule has 0 spiro atoms. The minimum atomic E-state index is -0.839. The molecule has 64 heavy (non-hydrogen) atoms. The molecule has 4 aromatic heterocycles. The van der Waals surface area contributed by atoms with Crippen LogP contribution in [0.25, 0.3) is 0 Å². The Hall–Kier alpha value is -6.94. The largest absolute Gasteiger partial charge is 0.473 e. The second-order valence-electron chi connectivity index (χ2n) is 15.9. The van der Waals surface area contributed by atoms with E-state index in [0.717, 1.165) is 28.9 Å². The number of halogens is 1. The predicted molar refractivity (Wildman–Crippen MR) is 224 cm³/mol. The van der Waals surface area contributed by atoms with Gasteiger partial charge in [0.05, 0.1) is 31.3 Å². The average Bonchev–Trinajstić information content (AvgIpc) is 3.93. The number of nitrogens with zero attached hydrogens (tertiary/aromatic N) is 7. The van der Waals surface area contributed by atoms with Gasteiger partial charge in [0, 0.05) is 56.6 Å². The van der Waals surface area contributed by atoms with Gasteiger partial charge in [0.1, 0.15) is 41.4 Å². The van der Waals surface area contributed by atoms with Crippen molar-refractivity contribution < 1.29 is 47.7 Å². The fourth-order valence-electron chi connectivity index (χ4n) is 6.87. The quantitative estimate of drug-likeness (QED) is 0.193. The summed E-state index contributed by atoms with van der Waals surface area (Å²) in [5, 5.41) is 15.7. The van der Waals surface area contributed by atoms with E-state index < -0.39 is 40.6 Å². The summed E-state index contributed by atoms with van der Waals surface area (Å²) >= 11 is 0. The molecule has 0 aliphatic carbocycles. The van der Waals surface area contributed by atoms with Crippen LogP contribution in [0.4, 0.5) is 4.79 Å². The minimum Gasteiger partial charge on any atom is -0.473 e. The fourth-order valence-corrected chi connectivity index (χ4v) is 6.87. The molecule has 4 aliphatic heterocycles. The Labute approximate surface area is 371 Å². The van der Waals surface area contributed by atoms with Gasteiger partial charge in [-0.2, -0.15) is 10.2 Å². The summed E-state index contributed by atoms with van der Waals surface area (Å²) in [5.74, 6) is 0.272. The van der Waals surface area contributed by atoms with Gasteiger partial charge in [-0.25, -0.2) is 24.1 Å². The molecular formula is C41H47ClN10O12. The molecule has 4 aliphatic rings. The van der Waals surface area contributed by atoms with Crippen molar-refractivity contribution in [3.8, 4) is 34.8 Å². The number of nitrogens with one attached hydrogen (secondary N) is 3. The third-order valence-corrected chi connectivity index (χ3v) is 9.89. The van der Waals surface area contributed by atoms with Crippen LogP contribution in [-0.4, -0.2) is 108 Å². The summed E-state index contributed by atoms with van der Waals surface area (Å²) in [7, 11) is 0. The number of imide groups is 2. The van der Waals surface area contributed by atoms with Gasteiger partial charge < -0.3 is 33.9 Å². The number of rotatable bonds is 10. The molecule has 4 saturated heterocycles. The van der Waals surface area contributed by atoms with E-state index >= 15 is 0 Å². The SMILES string of the molecule is CC(C)(C)OC(=O)N1CC[C@H](Oc2ccc(Oc3cnn(C4CCC(=O)NC4=O)c(=O)c3)cn2)C1.Cl.O=C1CCC(n2ncc(Oc3ccc(O[C@H]4CCNC4)nc3)cc2=O)C(=O)N1. The number of hydrogen-bond donors (Lipinski definition) is 3. The Morgan fingerprint density at radius 2 is 1.19 bits per heavy atom. The molecule has 4 atom stereocenters. The van der Waals surface area contributed by atoms with Gasteiger partial charge in [-0.1, -0.05) is 0 Å². The molecule has 22 nitrogen and oxygen atoms in total. The first-order valence-electron chi connectivity index (χ1n) is 20.3. The molecule has 8 rings (SSSR count). The van der Waals surface area contributed by atoms with Gasteiger partial charge in [0.2, 0.25) is 23.6 Å². The van der Waals surface area contributed by atoms with Crippen molar-refractivity contribution in [3.63, 3.8) is 0 Å². The van der Waals surface area contributed by atoms with Crippen LogP contribution in [0.2, 0.25) is 0 Å². The Balaban J connectivity index is 0.000000214. The Bertz CT molecular complexity index is 2450. The maximum absolute atomic E-state index is 12.4. The van der Waals surface area contributed by atoms with Crippen LogP contribution >= 0.6 is 12.4 Å². The molecule has 4 fully saturated rings. The van der Waals surface area contributed by atoms with Crippen LogP contribution in [-0.2, 0) is 23.9 Å². The first-order valence-corrected chi connectivity index (χ1v) is 20.3. The van der Waals surface area contributed by atoms with Gasteiger partial charge in [-0.3, -0.25) is 39.4 Å². The zero-order chi connectivity index (χ0) is 44.7. The van der Waals surface area contributed by atoms with Crippen molar-refractivity contribution in [3.05, 3.63) is 81.9 Å². The van der Waals surface area contributed by atoms with Crippen molar-refractivity contribution in [2.45, 2.75) is 89.2 Å². The summed E-state index contributed by atoms with van der Waals surface area (Å²) in [4.78, 5) is 93.4. The predicted octanol–water partition coefficient (Wildman–Crippen LogP) is 2.37. The van der Waals surface area contributed by atoms with E-state index in [1.807, 2.05) is 20.8 Å². The molecule has 4 aromatic rings. The second-order valence-corrected chi connectivity index (χ2v) is 15.9. The second kappa shape index (κ2) is 20.5. The van der Waals surface area contributed by atoms with Gasteiger partial charge in [0.25, 0.3) is 22.9 Å². The maximum Gasteiger partial charge on any atom is 0.410 e. The van der Waals surface area contributed by atoms with E-state index in [9.17, 15) is 33.6 Å². The van der Waals surface area contributed by atoms with Crippen molar-refractivity contribution in [1.29, 1.82) is 0 Å². The molecule has 2 unspecified atom stereocenters. The smallest absolute Gasteiger partial charge is 0.410 e. The maximum atomic E-state index is 12.4.